The molecule has 0 aromatic heterocycles. The molecule has 0 aliphatic heterocycles. The predicted molar refractivity (Wildman–Crippen MR) is 86.9 cm³/mol. The van der Waals surface area contributed by atoms with Crippen LogP contribution in [0.3, 0.4) is 0 Å². The molecule has 0 saturated heterocycles. The quantitative estimate of drug-likeness (QED) is 0.905. The number of likely N-dealkylation sites (N-methyl/N-ethyl adjacent to an activating group) is 1. The minimum Gasteiger partial charge on any atom is -0.496 e. The average molecular weight is 316 g/mol. The zero-order valence-electron chi connectivity index (χ0n) is 13.3. The maximum atomic E-state index is 10.5. The number of ether oxygens (including phenoxy) is 2. The van der Waals surface area contributed by atoms with Crippen LogP contribution >= 0.6 is 12.4 Å². The lowest BCUT2D eigenvalue weighted by molar-refractivity contribution is 0.0469. The lowest BCUT2D eigenvalue weighted by Gasteiger charge is -2.38. The number of methoxy groups -OCH3 is 2. The van der Waals surface area contributed by atoms with E-state index in [2.05, 4.69) is 18.7 Å². The molecule has 1 aromatic carbocycles. The zero-order chi connectivity index (χ0) is 14.7. The SMILES string of the molecule is CCN(CC)[C@H]1Cc2c(OC)ccc(OC)c2C[C@@H]1O.Cl. The Morgan fingerprint density at radius 1 is 1.05 bits per heavy atom. The second-order valence-corrected chi connectivity index (χ2v) is 5.19. The van der Waals surface area contributed by atoms with Crippen molar-refractivity contribution in [2.45, 2.75) is 38.8 Å². The minimum atomic E-state index is -0.358. The maximum Gasteiger partial charge on any atom is 0.122 e. The molecule has 0 amide bonds. The third-order valence-electron chi connectivity index (χ3n) is 4.34. The molecule has 4 nitrogen and oxygen atoms in total. The van der Waals surface area contributed by atoms with Gasteiger partial charge in [0.2, 0.25) is 0 Å². The van der Waals surface area contributed by atoms with Gasteiger partial charge >= 0.3 is 0 Å². The van der Waals surface area contributed by atoms with Gasteiger partial charge < -0.3 is 14.6 Å². The van der Waals surface area contributed by atoms with Crippen molar-refractivity contribution in [1.82, 2.24) is 4.90 Å². The van der Waals surface area contributed by atoms with Crippen molar-refractivity contribution in [2.75, 3.05) is 27.3 Å². The molecule has 0 spiro atoms. The van der Waals surface area contributed by atoms with Crippen LogP contribution in [0.15, 0.2) is 12.1 Å². The summed E-state index contributed by atoms with van der Waals surface area (Å²) in [6.45, 7) is 6.16. The van der Waals surface area contributed by atoms with Crippen molar-refractivity contribution in [3.05, 3.63) is 23.3 Å². The molecule has 0 saturated carbocycles. The molecule has 0 unspecified atom stereocenters. The number of hydrogen-bond acceptors (Lipinski definition) is 4. The number of halogens is 1. The number of rotatable bonds is 5. The van der Waals surface area contributed by atoms with Crippen LogP contribution in [0.4, 0.5) is 0 Å². The predicted octanol–water partition coefficient (Wildman–Crippen LogP) is 2.30. The molecule has 0 bridgehead atoms. The molecule has 2 atom stereocenters. The van der Waals surface area contributed by atoms with Gasteiger partial charge in [0, 0.05) is 23.6 Å². The lowest BCUT2D eigenvalue weighted by atomic mass is 9.84. The molecule has 21 heavy (non-hydrogen) atoms. The Morgan fingerprint density at radius 2 is 1.52 bits per heavy atom. The van der Waals surface area contributed by atoms with Crippen molar-refractivity contribution < 1.29 is 14.6 Å². The van der Waals surface area contributed by atoms with E-state index >= 15 is 0 Å². The number of aliphatic hydroxyl groups excluding tert-OH is 1. The van der Waals surface area contributed by atoms with E-state index in [1.165, 1.54) is 5.56 Å². The Bertz CT molecular complexity index is 463. The van der Waals surface area contributed by atoms with Gasteiger partial charge in [-0.1, -0.05) is 13.8 Å². The van der Waals surface area contributed by atoms with Crippen LogP contribution in [0.5, 0.6) is 11.5 Å². The molecule has 5 heteroatoms. The van der Waals surface area contributed by atoms with E-state index in [9.17, 15) is 5.11 Å². The highest BCUT2D eigenvalue weighted by Crippen LogP contribution is 2.37. The first-order chi connectivity index (χ1) is 9.65. The van der Waals surface area contributed by atoms with Crippen molar-refractivity contribution in [3.8, 4) is 11.5 Å². The van der Waals surface area contributed by atoms with E-state index in [4.69, 9.17) is 9.47 Å². The Balaban J connectivity index is 0.00000220. The van der Waals surface area contributed by atoms with Gasteiger partial charge in [0.05, 0.1) is 20.3 Å². The fraction of sp³-hybridized carbons (Fsp3) is 0.625. The van der Waals surface area contributed by atoms with Crippen LogP contribution < -0.4 is 9.47 Å². The van der Waals surface area contributed by atoms with Gasteiger partial charge in [0.25, 0.3) is 0 Å². The number of nitrogens with zero attached hydrogens (tertiary/aromatic N) is 1. The van der Waals surface area contributed by atoms with Crippen LogP contribution in [0.1, 0.15) is 25.0 Å². The molecule has 0 radical (unpaired) electrons. The topological polar surface area (TPSA) is 41.9 Å². The monoisotopic (exact) mass is 315 g/mol. The molecule has 1 aromatic rings. The van der Waals surface area contributed by atoms with Crippen molar-refractivity contribution in [3.63, 3.8) is 0 Å². The summed E-state index contributed by atoms with van der Waals surface area (Å²) in [5, 5.41) is 10.5. The highest BCUT2D eigenvalue weighted by atomic mass is 35.5. The van der Waals surface area contributed by atoms with E-state index in [-0.39, 0.29) is 24.6 Å². The smallest absolute Gasteiger partial charge is 0.122 e. The average Bonchev–Trinajstić information content (AvgIpc) is 2.47. The summed E-state index contributed by atoms with van der Waals surface area (Å²) in [4.78, 5) is 2.31. The van der Waals surface area contributed by atoms with Gasteiger partial charge in [-0.3, -0.25) is 4.90 Å². The fourth-order valence-corrected chi connectivity index (χ4v) is 3.24. The molecule has 2 rings (SSSR count). The summed E-state index contributed by atoms with van der Waals surface area (Å²) < 4.78 is 10.9. The summed E-state index contributed by atoms with van der Waals surface area (Å²) in [5.41, 5.74) is 2.26. The van der Waals surface area contributed by atoms with Crippen LogP contribution in [-0.4, -0.2) is 49.5 Å². The molecule has 120 valence electrons. The molecule has 1 aliphatic carbocycles. The standard InChI is InChI=1S/C16H25NO3.ClH/c1-5-17(6-2)13-9-11-12(10-14(13)18)16(20-4)8-7-15(11)19-3;/h7-8,13-14,18H,5-6,9-10H2,1-4H3;1H/t13-,14-;/m0./s1. The highest BCUT2D eigenvalue weighted by molar-refractivity contribution is 5.85. The number of fused-ring (bicyclic) bond motifs is 1. The first-order valence-corrected chi connectivity index (χ1v) is 7.31. The molecular weight excluding hydrogens is 290 g/mol. The highest BCUT2D eigenvalue weighted by Gasteiger charge is 2.33. The van der Waals surface area contributed by atoms with Gasteiger partial charge in [-0.2, -0.15) is 0 Å². The Kier molecular flexibility index (Phi) is 6.78. The van der Waals surface area contributed by atoms with E-state index in [0.717, 1.165) is 36.6 Å². The zero-order valence-corrected chi connectivity index (χ0v) is 14.1. The van der Waals surface area contributed by atoms with E-state index in [0.29, 0.717) is 6.42 Å². The molecule has 0 heterocycles. The number of benzene rings is 1. The first-order valence-electron chi connectivity index (χ1n) is 7.31. The van der Waals surface area contributed by atoms with Crippen LogP contribution in [0.2, 0.25) is 0 Å². The molecule has 0 fully saturated rings. The number of aliphatic hydroxyl groups is 1. The Hall–Kier alpha value is -0.970. The fourth-order valence-electron chi connectivity index (χ4n) is 3.24. The number of hydrogen-bond donors (Lipinski definition) is 1. The summed E-state index contributed by atoms with van der Waals surface area (Å²) >= 11 is 0. The van der Waals surface area contributed by atoms with Crippen LogP contribution in [0, 0.1) is 0 Å². The third-order valence-corrected chi connectivity index (χ3v) is 4.34. The van der Waals surface area contributed by atoms with Gasteiger partial charge in [-0.15, -0.1) is 12.4 Å². The van der Waals surface area contributed by atoms with Crippen molar-refractivity contribution >= 4 is 12.4 Å². The summed E-state index contributed by atoms with van der Waals surface area (Å²) in [6.07, 6.45) is 1.07. The summed E-state index contributed by atoms with van der Waals surface area (Å²) in [5.74, 6) is 1.74. The molecule has 1 aliphatic rings. The second kappa shape index (κ2) is 7.87. The van der Waals surface area contributed by atoms with Crippen LogP contribution in [-0.2, 0) is 12.8 Å². The maximum absolute atomic E-state index is 10.5. The Labute approximate surface area is 133 Å². The van der Waals surface area contributed by atoms with Gasteiger partial charge in [0.1, 0.15) is 11.5 Å². The third kappa shape index (κ3) is 3.44. The van der Waals surface area contributed by atoms with Gasteiger partial charge in [-0.25, -0.2) is 0 Å². The van der Waals surface area contributed by atoms with E-state index in [1.807, 2.05) is 12.1 Å². The summed E-state index contributed by atoms with van der Waals surface area (Å²) in [7, 11) is 3.37. The van der Waals surface area contributed by atoms with E-state index in [1.54, 1.807) is 14.2 Å². The normalized spacial score (nSPS) is 20.7. The first kappa shape index (κ1) is 18.1. The Morgan fingerprint density at radius 3 is 1.95 bits per heavy atom. The largest absolute Gasteiger partial charge is 0.496 e. The van der Waals surface area contributed by atoms with Gasteiger partial charge in [-0.05, 0) is 31.6 Å². The molecular formula is C16H26ClNO3. The second-order valence-electron chi connectivity index (χ2n) is 5.19. The van der Waals surface area contributed by atoms with Crippen molar-refractivity contribution in [1.29, 1.82) is 0 Å². The minimum absolute atomic E-state index is 0. The van der Waals surface area contributed by atoms with Gasteiger partial charge in [0.15, 0.2) is 0 Å². The van der Waals surface area contributed by atoms with E-state index < -0.39 is 0 Å². The summed E-state index contributed by atoms with van der Waals surface area (Å²) in [6, 6.07) is 4.02. The molecule has 1 N–H and O–H groups in total. The van der Waals surface area contributed by atoms with Crippen LogP contribution in [0.25, 0.3) is 0 Å². The lowest BCUT2D eigenvalue weighted by Crippen LogP contribution is -2.48. The van der Waals surface area contributed by atoms with Crippen molar-refractivity contribution in [2.24, 2.45) is 0 Å².